The van der Waals surface area contributed by atoms with E-state index in [-0.39, 0.29) is 11.1 Å². The summed E-state index contributed by atoms with van der Waals surface area (Å²) in [6.45, 7) is 10.1. The maximum absolute atomic E-state index is 14.7. The third-order valence-electron chi connectivity index (χ3n) is 4.50. The maximum atomic E-state index is 14.7. The molecule has 0 fully saturated rings. The van der Waals surface area contributed by atoms with E-state index < -0.39 is 0 Å². The Bertz CT molecular complexity index is 802. The molecule has 0 heterocycles. The van der Waals surface area contributed by atoms with Crippen LogP contribution < -0.4 is 0 Å². The van der Waals surface area contributed by atoms with E-state index in [0.717, 1.165) is 39.8 Å². The molecule has 0 aliphatic heterocycles. The Morgan fingerprint density at radius 3 is 2.48 bits per heavy atom. The van der Waals surface area contributed by atoms with Crippen molar-refractivity contribution in [3.63, 3.8) is 0 Å². The number of benzene rings is 2. The van der Waals surface area contributed by atoms with Crippen LogP contribution in [-0.4, -0.2) is 5.25 Å². The first-order valence-electron chi connectivity index (χ1n) is 8.52. The molecular weight excluding hydrogens is 327 g/mol. The Balaban J connectivity index is 2.28. The fourth-order valence-corrected chi connectivity index (χ4v) is 3.41. The van der Waals surface area contributed by atoms with E-state index in [9.17, 15) is 4.39 Å². The van der Waals surface area contributed by atoms with Crippen LogP contribution in [0.3, 0.4) is 0 Å². The summed E-state index contributed by atoms with van der Waals surface area (Å²) in [6, 6.07) is 13.8. The molecule has 0 amide bonds. The van der Waals surface area contributed by atoms with Crippen molar-refractivity contribution in [2.45, 2.75) is 38.9 Å². The Morgan fingerprint density at radius 2 is 1.92 bits per heavy atom. The van der Waals surface area contributed by atoms with Crippen LogP contribution in [0.1, 0.15) is 42.5 Å². The second-order valence-corrected chi connectivity index (χ2v) is 7.18. The fraction of sp³-hybridized carbons (Fsp3) is 0.261. The van der Waals surface area contributed by atoms with Gasteiger partial charge in [0.1, 0.15) is 5.82 Å². The number of aryl methyl sites for hydroxylation is 1. The molecule has 2 aromatic rings. The minimum absolute atomic E-state index is 0.0219. The van der Waals surface area contributed by atoms with Crippen LogP contribution >= 0.6 is 11.2 Å². The van der Waals surface area contributed by atoms with Crippen molar-refractivity contribution >= 4 is 22.3 Å². The van der Waals surface area contributed by atoms with Crippen molar-refractivity contribution in [1.82, 2.24) is 0 Å². The Labute approximate surface area is 154 Å². The van der Waals surface area contributed by atoms with Gasteiger partial charge in [0.2, 0.25) is 0 Å². The first-order chi connectivity index (χ1) is 12.0. The second kappa shape index (κ2) is 8.80. The zero-order valence-corrected chi connectivity index (χ0v) is 16.0. The molecule has 0 aliphatic rings. The van der Waals surface area contributed by atoms with Gasteiger partial charge in [-0.1, -0.05) is 56.0 Å². The molecule has 2 heteroatoms. The number of allylic oxidation sites excluding steroid dienone is 2. The van der Waals surface area contributed by atoms with Gasteiger partial charge in [0.25, 0.3) is 0 Å². The quantitative estimate of drug-likeness (QED) is 0.531. The highest BCUT2D eigenvalue weighted by molar-refractivity contribution is 7.89. The van der Waals surface area contributed by atoms with E-state index in [1.807, 2.05) is 38.1 Å². The van der Waals surface area contributed by atoms with Gasteiger partial charge in [0.15, 0.2) is 0 Å². The minimum atomic E-state index is -0.172. The second-order valence-electron chi connectivity index (χ2n) is 6.30. The largest absolute Gasteiger partial charge is 0.207 e. The van der Waals surface area contributed by atoms with Crippen molar-refractivity contribution in [2.24, 2.45) is 0 Å². The van der Waals surface area contributed by atoms with E-state index in [4.69, 9.17) is 5.69 Å². The topological polar surface area (TPSA) is 0 Å². The SMILES string of the molecule is C#SC(/C=C(\C)c1ccccc1)Cc1c(C)cc(C(=C)CC)cc1F. The first kappa shape index (κ1) is 19.2. The Kier molecular flexibility index (Phi) is 6.75. The van der Waals surface area contributed by atoms with Gasteiger partial charge in [-0.2, -0.15) is 0 Å². The van der Waals surface area contributed by atoms with Crippen LogP contribution in [0.15, 0.2) is 55.1 Å². The summed E-state index contributed by atoms with van der Waals surface area (Å²) in [4.78, 5) is 0. The molecule has 0 spiro atoms. The Hall–Kier alpha value is -2.15. The van der Waals surface area contributed by atoms with Gasteiger partial charge in [-0.3, -0.25) is 0 Å². The van der Waals surface area contributed by atoms with Crippen LogP contribution in [0.4, 0.5) is 4.39 Å². The van der Waals surface area contributed by atoms with Gasteiger partial charge in [-0.25, -0.2) is 4.39 Å². The average molecular weight is 353 g/mol. The lowest BCUT2D eigenvalue weighted by molar-refractivity contribution is 0.607. The molecule has 0 N–H and O–H groups in total. The summed E-state index contributed by atoms with van der Waals surface area (Å²) in [5.41, 5.74) is 11.7. The molecule has 2 rings (SSSR count). The molecule has 0 aromatic heterocycles. The van der Waals surface area contributed by atoms with Gasteiger partial charge in [0.05, 0.1) is 5.25 Å². The highest BCUT2D eigenvalue weighted by Crippen LogP contribution is 2.26. The number of hydrogen-bond acceptors (Lipinski definition) is 0. The van der Waals surface area contributed by atoms with Gasteiger partial charge in [-0.05, 0) is 66.2 Å². The fourth-order valence-electron chi connectivity index (χ4n) is 2.86. The number of rotatable bonds is 6. The third kappa shape index (κ3) is 4.92. The van der Waals surface area contributed by atoms with Crippen molar-refractivity contribution in [2.75, 3.05) is 0 Å². The van der Waals surface area contributed by atoms with Crippen LogP contribution in [0, 0.1) is 18.4 Å². The van der Waals surface area contributed by atoms with E-state index in [0.29, 0.717) is 6.42 Å². The average Bonchev–Trinajstić information content (AvgIpc) is 2.63. The molecule has 130 valence electrons. The van der Waals surface area contributed by atoms with Crippen molar-refractivity contribution in [3.8, 4) is 5.69 Å². The van der Waals surface area contributed by atoms with E-state index in [1.54, 1.807) is 6.07 Å². The maximum Gasteiger partial charge on any atom is 0.127 e. The van der Waals surface area contributed by atoms with Crippen molar-refractivity contribution < 1.29 is 4.39 Å². The van der Waals surface area contributed by atoms with Gasteiger partial charge in [0, 0.05) is 0 Å². The number of hydrogen-bond donors (Lipinski definition) is 0. The third-order valence-corrected chi connectivity index (χ3v) is 5.15. The lowest BCUT2D eigenvalue weighted by atomic mass is 9.95. The summed E-state index contributed by atoms with van der Waals surface area (Å²) >= 11 is 1.26. The highest BCUT2D eigenvalue weighted by Gasteiger charge is 2.13. The lowest BCUT2D eigenvalue weighted by Crippen LogP contribution is -2.06. The summed E-state index contributed by atoms with van der Waals surface area (Å²) in [5, 5.41) is 0.0219. The lowest BCUT2D eigenvalue weighted by Gasteiger charge is -2.14. The normalized spacial score (nSPS) is 12.7. The van der Waals surface area contributed by atoms with Crippen LogP contribution in [0.2, 0.25) is 0 Å². The highest BCUT2D eigenvalue weighted by atomic mass is 32.1. The molecular formula is C23H25FS. The van der Waals surface area contributed by atoms with Crippen molar-refractivity contribution in [1.29, 1.82) is 0 Å². The first-order valence-corrected chi connectivity index (χ1v) is 9.47. The molecule has 0 saturated heterocycles. The van der Waals surface area contributed by atoms with Crippen molar-refractivity contribution in [3.05, 3.63) is 83.2 Å². The summed E-state index contributed by atoms with van der Waals surface area (Å²) < 4.78 is 14.7. The molecule has 1 atom stereocenters. The van der Waals surface area contributed by atoms with Crippen LogP contribution in [-0.2, 0) is 6.42 Å². The predicted octanol–water partition coefficient (Wildman–Crippen LogP) is 6.89. The molecule has 2 aromatic carbocycles. The van der Waals surface area contributed by atoms with E-state index in [1.165, 1.54) is 11.2 Å². The Morgan fingerprint density at radius 1 is 1.24 bits per heavy atom. The zero-order chi connectivity index (χ0) is 18.4. The summed E-state index contributed by atoms with van der Waals surface area (Å²) in [5.74, 6) is -0.172. The zero-order valence-electron chi connectivity index (χ0n) is 15.2. The molecule has 0 aliphatic carbocycles. The van der Waals surface area contributed by atoms with E-state index >= 15 is 0 Å². The molecule has 0 radical (unpaired) electrons. The molecule has 1 unspecified atom stereocenters. The molecule has 25 heavy (non-hydrogen) atoms. The van der Waals surface area contributed by atoms with E-state index in [2.05, 4.69) is 31.7 Å². The van der Waals surface area contributed by atoms with Gasteiger partial charge < -0.3 is 0 Å². The summed E-state index contributed by atoms with van der Waals surface area (Å²) in [6.07, 6.45) is 3.51. The van der Waals surface area contributed by atoms with Crippen LogP contribution in [0.25, 0.3) is 11.1 Å². The number of halogens is 1. The van der Waals surface area contributed by atoms with Gasteiger partial charge >= 0.3 is 0 Å². The molecule has 0 saturated carbocycles. The van der Waals surface area contributed by atoms with Gasteiger partial charge in [-0.15, -0.1) is 16.9 Å². The smallest absolute Gasteiger partial charge is 0.127 e. The minimum Gasteiger partial charge on any atom is -0.207 e. The monoisotopic (exact) mass is 352 g/mol. The predicted molar refractivity (Wildman–Crippen MR) is 111 cm³/mol. The molecule has 0 nitrogen and oxygen atoms in total. The standard InChI is InChI=1S/C23H25FS/c1-6-16(2)20-12-18(4)22(23(24)14-20)15-21(25-5)13-17(3)19-10-8-7-9-11-19/h5,7-14,21H,2,6,15H2,1,3-4H3/b17-13+. The molecule has 0 bridgehead atoms. The van der Waals surface area contributed by atoms with Crippen LogP contribution in [0.5, 0.6) is 0 Å². The summed E-state index contributed by atoms with van der Waals surface area (Å²) in [7, 11) is 0.